The second-order valence-electron chi connectivity index (χ2n) is 12.4. The third kappa shape index (κ3) is 6.57. The topological polar surface area (TPSA) is 125 Å². The van der Waals surface area contributed by atoms with Crippen molar-refractivity contribution in [3.8, 4) is 0 Å². The summed E-state index contributed by atoms with van der Waals surface area (Å²) in [4.78, 5) is 57.7. The van der Waals surface area contributed by atoms with Gasteiger partial charge in [-0.3, -0.25) is 19.2 Å². The molecule has 0 saturated carbocycles. The molecule has 3 aliphatic heterocycles. The summed E-state index contributed by atoms with van der Waals surface area (Å²) in [7, 11) is 0. The Kier molecular flexibility index (Phi) is 10.9. The van der Waals surface area contributed by atoms with E-state index in [-0.39, 0.29) is 43.8 Å². The summed E-state index contributed by atoms with van der Waals surface area (Å²) in [6.45, 7) is 13.0. The molecule has 3 heterocycles. The van der Waals surface area contributed by atoms with Crippen molar-refractivity contribution >= 4 is 41.0 Å². The lowest BCUT2D eigenvalue weighted by molar-refractivity contribution is -0.159. The smallest absolute Gasteiger partial charge is 0.312 e. The maximum absolute atomic E-state index is 14.6. The van der Waals surface area contributed by atoms with Crippen molar-refractivity contribution in [2.24, 2.45) is 17.8 Å². The Hall–Kier alpha value is -3.21. The van der Waals surface area contributed by atoms with Crippen LogP contribution in [0.5, 0.6) is 0 Å². The van der Waals surface area contributed by atoms with Gasteiger partial charge in [0.05, 0.1) is 37.1 Å². The molecule has 240 valence electrons. The van der Waals surface area contributed by atoms with Crippen molar-refractivity contribution < 1.29 is 33.8 Å². The predicted molar refractivity (Wildman–Crippen MR) is 167 cm³/mol. The number of carbonyl (C=O) groups excluding carboxylic acids is 4. The zero-order valence-corrected chi connectivity index (χ0v) is 26.5. The minimum atomic E-state index is -1.26. The molecule has 0 aliphatic carbocycles. The van der Waals surface area contributed by atoms with Crippen molar-refractivity contribution in [1.82, 2.24) is 10.2 Å². The second kappa shape index (κ2) is 14.3. The lowest BCUT2D eigenvalue weighted by Crippen LogP contribution is -2.59. The summed E-state index contributed by atoms with van der Waals surface area (Å²) >= 11 is 6.12. The lowest BCUT2D eigenvalue weighted by Gasteiger charge is -2.39. The Morgan fingerprint density at radius 1 is 1.23 bits per heavy atom. The molecule has 3 aliphatic rings. The molecular formula is C33H44ClN3O7. The fourth-order valence-corrected chi connectivity index (χ4v) is 7.10. The average Bonchev–Trinajstić information content (AvgIpc) is 3.64. The Labute approximate surface area is 264 Å². The molecule has 4 rings (SSSR count). The average molecular weight is 630 g/mol. The highest BCUT2D eigenvalue weighted by Gasteiger charge is 2.75. The highest BCUT2D eigenvalue weighted by molar-refractivity contribution is 6.30. The Morgan fingerprint density at radius 3 is 2.55 bits per heavy atom. The molecule has 0 radical (unpaired) electrons. The highest BCUT2D eigenvalue weighted by Crippen LogP contribution is 2.59. The summed E-state index contributed by atoms with van der Waals surface area (Å²) < 4.78 is 12.3. The van der Waals surface area contributed by atoms with Crippen molar-refractivity contribution in [3.63, 3.8) is 0 Å². The molecule has 7 atom stereocenters. The summed E-state index contributed by atoms with van der Waals surface area (Å²) in [6.07, 6.45) is 4.18. The monoisotopic (exact) mass is 629 g/mol. The number of nitrogens with one attached hydrogen (secondary N) is 1. The number of fused-ring (bicyclic) bond motifs is 1. The van der Waals surface area contributed by atoms with E-state index in [1.54, 1.807) is 43.3 Å². The summed E-state index contributed by atoms with van der Waals surface area (Å²) in [6, 6.07) is 5.08. The standard InChI is InChI=1S/C33H44ClN3O7/c1-6-8-9-26(39)35-18-21(5)43-32(42)27-25-14-15-33(44-25)28(27)30(40)37(24(19-38)17-20(3)4)29(33)31(41)36(16-7-2)23-12-10-22(34)11-13-23/h6-7,10-13,20-21,24-25,27-29,38H,1-2,8-9,14-19H2,3-5H3,(H,35,39)/t21-,24-,25+,27-,28-,29+,33-/m1/s1. The third-order valence-corrected chi connectivity index (χ3v) is 9.04. The SMILES string of the molecule is C=CCCC(=O)NC[C@@H](C)OC(=O)[C@@H]1[C@@H]2CC[C@]3(O2)[C@H](C(=O)N(CC=C)c2ccc(Cl)cc2)N([C@@H](CO)CC(C)C)C(=O)[C@@H]13. The molecule has 11 heteroatoms. The molecule has 3 amide bonds. The predicted octanol–water partition coefficient (Wildman–Crippen LogP) is 3.65. The van der Waals surface area contributed by atoms with Gasteiger partial charge in [0.2, 0.25) is 11.8 Å². The highest BCUT2D eigenvalue weighted by atomic mass is 35.5. The van der Waals surface area contributed by atoms with Gasteiger partial charge in [-0.1, -0.05) is 37.6 Å². The molecule has 1 spiro atoms. The van der Waals surface area contributed by atoms with Crippen molar-refractivity contribution in [2.45, 2.75) is 82.8 Å². The van der Waals surface area contributed by atoms with Crippen molar-refractivity contribution in [3.05, 3.63) is 54.6 Å². The van der Waals surface area contributed by atoms with Crippen molar-refractivity contribution in [1.29, 1.82) is 0 Å². The van der Waals surface area contributed by atoms with Gasteiger partial charge < -0.3 is 29.7 Å². The van der Waals surface area contributed by atoms with Crippen LogP contribution in [0.1, 0.15) is 52.9 Å². The second-order valence-corrected chi connectivity index (χ2v) is 12.8. The number of anilines is 1. The van der Waals surface area contributed by atoms with Crippen LogP contribution in [0.4, 0.5) is 5.69 Å². The molecule has 2 bridgehead atoms. The van der Waals surface area contributed by atoms with Gasteiger partial charge in [-0.2, -0.15) is 0 Å². The van der Waals surface area contributed by atoms with E-state index in [4.69, 9.17) is 21.1 Å². The first-order chi connectivity index (χ1) is 21.0. The summed E-state index contributed by atoms with van der Waals surface area (Å²) in [5.74, 6) is -3.30. The Morgan fingerprint density at radius 2 is 1.93 bits per heavy atom. The Balaban J connectivity index is 1.66. The van der Waals surface area contributed by atoms with Gasteiger partial charge in [0, 0.05) is 23.7 Å². The lowest BCUT2D eigenvalue weighted by atomic mass is 9.70. The number of aliphatic hydroxyl groups is 1. The van der Waals surface area contributed by atoms with Crippen LogP contribution >= 0.6 is 11.6 Å². The molecule has 3 fully saturated rings. The van der Waals surface area contributed by atoms with Crippen molar-refractivity contribution in [2.75, 3.05) is 24.6 Å². The van der Waals surface area contributed by atoms with Gasteiger partial charge in [-0.15, -0.1) is 13.2 Å². The zero-order valence-electron chi connectivity index (χ0n) is 25.7. The first kappa shape index (κ1) is 33.7. The number of hydrogen-bond donors (Lipinski definition) is 2. The van der Waals surface area contributed by atoms with Crippen LogP contribution in [0.15, 0.2) is 49.6 Å². The molecule has 44 heavy (non-hydrogen) atoms. The van der Waals surface area contributed by atoms with Gasteiger partial charge >= 0.3 is 5.97 Å². The van der Waals surface area contributed by atoms with Gasteiger partial charge in [0.15, 0.2) is 0 Å². The van der Waals surface area contributed by atoms with E-state index < -0.39 is 53.6 Å². The molecule has 1 aromatic carbocycles. The minimum absolute atomic E-state index is 0.120. The number of hydrogen-bond acceptors (Lipinski definition) is 7. The Bertz CT molecular complexity index is 1250. The van der Waals surface area contributed by atoms with E-state index in [1.807, 2.05) is 13.8 Å². The zero-order chi connectivity index (χ0) is 32.2. The van der Waals surface area contributed by atoms with E-state index in [0.29, 0.717) is 36.4 Å². The molecule has 10 nitrogen and oxygen atoms in total. The molecular weight excluding hydrogens is 586 g/mol. The van der Waals surface area contributed by atoms with Crippen LogP contribution in [-0.2, 0) is 28.7 Å². The van der Waals surface area contributed by atoms with E-state index >= 15 is 0 Å². The van der Waals surface area contributed by atoms with Gasteiger partial charge in [-0.25, -0.2) is 0 Å². The number of halogens is 1. The fraction of sp³-hybridized carbons (Fsp3) is 0.576. The number of amides is 3. The van der Waals surface area contributed by atoms with E-state index in [9.17, 15) is 24.3 Å². The van der Waals surface area contributed by atoms with E-state index in [1.165, 1.54) is 9.80 Å². The van der Waals surface area contributed by atoms with Gasteiger partial charge in [-0.05, 0) is 62.8 Å². The largest absolute Gasteiger partial charge is 0.460 e. The first-order valence-corrected chi connectivity index (χ1v) is 15.7. The van der Waals surface area contributed by atoms with Crippen LogP contribution in [0.25, 0.3) is 0 Å². The van der Waals surface area contributed by atoms with Crippen LogP contribution in [0.2, 0.25) is 5.02 Å². The summed E-state index contributed by atoms with van der Waals surface area (Å²) in [5.41, 5.74) is -0.690. The van der Waals surface area contributed by atoms with Crippen LogP contribution in [0.3, 0.4) is 0 Å². The summed E-state index contributed by atoms with van der Waals surface area (Å²) in [5, 5.41) is 13.8. The van der Waals surface area contributed by atoms with Crippen LogP contribution < -0.4 is 10.2 Å². The number of likely N-dealkylation sites (tertiary alicyclic amines) is 1. The molecule has 3 saturated heterocycles. The van der Waals surface area contributed by atoms with Crippen LogP contribution in [-0.4, -0.2) is 83.3 Å². The van der Waals surface area contributed by atoms with E-state index in [0.717, 1.165) is 0 Å². The number of aliphatic hydroxyl groups excluding tert-OH is 1. The molecule has 0 aromatic heterocycles. The number of carbonyl (C=O) groups is 4. The number of rotatable bonds is 15. The quantitative estimate of drug-likeness (QED) is 0.224. The molecule has 2 N–H and O–H groups in total. The maximum atomic E-state index is 14.6. The number of nitrogens with zero attached hydrogens (tertiary/aromatic N) is 2. The fourth-order valence-electron chi connectivity index (χ4n) is 6.97. The number of ether oxygens (including phenoxy) is 2. The van der Waals surface area contributed by atoms with Crippen LogP contribution in [0, 0.1) is 17.8 Å². The number of esters is 1. The first-order valence-electron chi connectivity index (χ1n) is 15.4. The van der Waals surface area contributed by atoms with E-state index in [2.05, 4.69) is 18.5 Å². The molecule has 1 aromatic rings. The maximum Gasteiger partial charge on any atom is 0.312 e. The third-order valence-electron chi connectivity index (χ3n) is 8.79. The molecule has 0 unspecified atom stereocenters. The minimum Gasteiger partial charge on any atom is -0.460 e. The number of benzene rings is 1. The number of allylic oxidation sites excluding steroid dienone is 1. The normalized spacial score (nSPS) is 26.7. The van der Waals surface area contributed by atoms with Gasteiger partial charge in [0.25, 0.3) is 5.91 Å². The van der Waals surface area contributed by atoms with Gasteiger partial charge in [0.1, 0.15) is 17.7 Å².